The molecule has 0 radical (unpaired) electrons. The molecule has 0 aliphatic carbocycles. The molecule has 0 bridgehead atoms. The molecule has 1 heterocycles. The molecule has 3 aromatic rings. The summed E-state index contributed by atoms with van der Waals surface area (Å²) in [4.78, 5) is 13.4. The average Bonchev–Trinajstić information content (AvgIpc) is 3.12. The maximum Gasteiger partial charge on any atom is 0.387 e. The van der Waals surface area contributed by atoms with E-state index in [4.69, 9.17) is 4.52 Å². The highest BCUT2D eigenvalue weighted by atomic mass is 32.2. The number of nitrogens with zero attached hydrogens (tertiary/aromatic N) is 1. The molecule has 0 saturated heterocycles. The van der Waals surface area contributed by atoms with Gasteiger partial charge in [-0.15, -0.1) is 11.8 Å². The van der Waals surface area contributed by atoms with Crippen LogP contribution in [0.15, 0.2) is 64.0 Å². The minimum Gasteiger partial charge on any atom is -0.435 e. The number of ether oxygens (including phenoxy) is 1. The van der Waals surface area contributed by atoms with Gasteiger partial charge < -0.3 is 14.6 Å². The Labute approximate surface area is 171 Å². The number of benzene rings is 2. The molecular formula is C21H20F2N2O3S. The number of thioether (sulfide) groups is 1. The lowest BCUT2D eigenvalue weighted by Crippen LogP contribution is -2.26. The Morgan fingerprint density at radius 2 is 1.97 bits per heavy atom. The monoisotopic (exact) mass is 418 g/mol. The quantitative estimate of drug-likeness (QED) is 0.504. The van der Waals surface area contributed by atoms with Crippen LogP contribution in [0.25, 0.3) is 0 Å². The van der Waals surface area contributed by atoms with Gasteiger partial charge in [-0.05, 0) is 43.2 Å². The number of halogens is 2. The molecule has 0 spiro atoms. The minimum atomic E-state index is -2.84. The van der Waals surface area contributed by atoms with Crippen LogP contribution in [0.3, 0.4) is 0 Å². The second-order valence-electron chi connectivity index (χ2n) is 6.25. The summed E-state index contributed by atoms with van der Waals surface area (Å²) in [6, 6.07) is 15.6. The minimum absolute atomic E-state index is 0.112. The summed E-state index contributed by atoms with van der Waals surface area (Å²) in [6.07, 6.45) is 0.577. The Balaban J connectivity index is 1.52. The summed E-state index contributed by atoms with van der Waals surface area (Å²) < 4.78 is 33.9. The van der Waals surface area contributed by atoms with Crippen LogP contribution < -0.4 is 10.1 Å². The zero-order valence-corrected chi connectivity index (χ0v) is 16.5. The van der Waals surface area contributed by atoms with Crippen LogP contribution >= 0.6 is 11.8 Å². The molecule has 152 valence electrons. The van der Waals surface area contributed by atoms with E-state index in [9.17, 15) is 13.6 Å². The Bertz CT molecular complexity index is 945. The van der Waals surface area contributed by atoms with E-state index in [0.29, 0.717) is 24.3 Å². The van der Waals surface area contributed by atoms with Gasteiger partial charge >= 0.3 is 6.61 Å². The number of hydrogen-bond acceptors (Lipinski definition) is 5. The first kappa shape index (κ1) is 20.9. The summed E-state index contributed by atoms with van der Waals surface area (Å²) in [6.45, 7) is -0.557. The zero-order chi connectivity index (χ0) is 20.6. The molecule has 0 unspecified atom stereocenters. The second-order valence-corrected chi connectivity index (χ2v) is 7.26. The van der Waals surface area contributed by atoms with Gasteiger partial charge in [-0.3, -0.25) is 4.79 Å². The molecule has 3 rings (SSSR count). The highest BCUT2D eigenvalue weighted by molar-refractivity contribution is 7.98. The van der Waals surface area contributed by atoms with Gasteiger partial charge in [-0.25, -0.2) is 0 Å². The number of carbonyl (C=O) groups excluding carboxylic acids is 1. The van der Waals surface area contributed by atoms with Gasteiger partial charge in [-0.1, -0.05) is 29.4 Å². The van der Waals surface area contributed by atoms with Gasteiger partial charge in [0, 0.05) is 17.5 Å². The van der Waals surface area contributed by atoms with Crippen molar-refractivity contribution >= 4 is 17.7 Å². The summed E-state index contributed by atoms with van der Waals surface area (Å²) in [5, 5.41) is 6.76. The van der Waals surface area contributed by atoms with Crippen molar-refractivity contribution in [1.29, 1.82) is 0 Å². The van der Waals surface area contributed by atoms with E-state index in [1.54, 1.807) is 18.2 Å². The first-order chi connectivity index (χ1) is 14.0. The number of alkyl halides is 2. The highest BCUT2D eigenvalue weighted by Gasteiger charge is 2.12. The van der Waals surface area contributed by atoms with Crippen LogP contribution in [0.1, 0.15) is 27.4 Å². The molecule has 1 amide bonds. The number of carbonyl (C=O) groups is 1. The summed E-state index contributed by atoms with van der Waals surface area (Å²) in [5.74, 6) is 1.28. The predicted octanol–water partition coefficient (Wildman–Crippen LogP) is 4.85. The standard InChI is InChI=1S/C21H20F2N2O3S/c1-14-12-17(28-25-14)13-29-19-5-3-2-4-18(19)20(26)24-11-10-15-6-8-16(9-7-15)27-21(22)23/h2-9,12,21H,10-11,13H2,1H3,(H,24,26). The second kappa shape index (κ2) is 10.1. The number of nitrogens with one attached hydrogen (secondary N) is 1. The van der Waals surface area contributed by atoms with Crippen molar-refractivity contribution in [1.82, 2.24) is 10.5 Å². The van der Waals surface area contributed by atoms with Gasteiger partial charge in [0.05, 0.1) is 17.0 Å². The molecule has 2 aromatic carbocycles. The molecule has 0 atom stereocenters. The molecule has 8 heteroatoms. The number of amides is 1. The average molecular weight is 418 g/mol. The Morgan fingerprint density at radius 3 is 2.66 bits per heavy atom. The molecule has 0 saturated carbocycles. The van der Waals surface area contributed by atoms with E-state index in [0.717, 1.165) is 21.9 Å². The summed E-state index contributed by atoms with van der Waals surface area (Å²) in [5.41, 5.74) is 2.32. The van der Waals surface area contributed by atoms with Crippen molar-refractivity contribution in [2.45, 2.75) is 30.6 Å². The van der Waals surface area contributed by atoms with E-state index in [2.05, 4.69) is 15.2 Å². The van der Waals surface area contributed by atoms with Crippen molar-refractivity contribution in [3.8, 4) is 5.75 Å². The molecule has 5 nitrogen and oxygen atoms in total. The fraction of sp³-hybridized carbons (Fsp3) is 0.238. The third-order valence-corrected chi connectivity index (χ3v) is 5.12. The zero-order valence-electron chi connectivity index (χ0n) is 15.7. The van der Waals surface area contributed by atoms with E-state index in [1.807, 2.05) is 31.2 Å². The van der Waals surface area contributed by atoms with Crippen molar-refractivity contribution in [3.63, 3.8) is 0 Å². The predicted molar refractivity (Wildman–Crippen MR) is 106 cm³/mol. The fourth-order valence-electron chi connectivity index (χ4n) is 2.67. The highest BCUT2D eigenvalue weighted by Crippen LogP contribution is 2.26. The van der Waals surface area contributed by atoms with Crippen LogP contribution in [-0.2, 0) is 12.2 Å². The molecule has 0 fully saturated rings. The third kappa shape index (κ3) is 6.32. The molecule has 1 aromatic heterocycles. The summed E-state index contributed by atoms with van der Waals surface area (Å²) >= 11 is 1.51. The van der Waals surface area contributed by atoms with Crippen LogP contribution in [0.2, 0.25) is 0 Å². The lowest BCUT2D eigenvalue weighted by atomic mass is 10.1. The molecule has 0 aliphatic rings. The van der Waals surface area contributed by atoms with Crippen LogP contribution in [0.4, 0.5) is 8.78 Å². The molecular weight excluding hydrogens is 398 g/mol. The molecule has 1 N–H and O–H groups in total. The molecule has 0 aliphatic heterocycles. The van der Waals surface area contributed by atoms with E-state index < -0.39 is 6.61 Å². The van der Waals surface area contributed by atoms with Crippen molar-refractivity contribution < 1.29 is 22.8 Å². The van der Waals surface area contributed by atoms with E-state index in [1.165, 1.54) is 23.9 Å². The van der Waals surface area contributed by atoms with E-state index in [-0.39, 0.29) is 11.7 Å². The maximum atomic E-state index is 12.6. The Kier molecular flexibility index (Phi) is 7.24. The topological polar surface area (TPSA) is 64.4 Å². The fourth-order valence-corrected chi connectivity index (χ4v) is 3.59. The Morgan fingerprint density at radius 1 is 1.21 bits per heavy atom. The lowest BCUT2D eigenvalue weighted by molar-refractivity contribution is -0.0498. The first-order valence-corrected chi connectivity index (χ1v) is 9.96. The van der Waals surface area contributed by atoms with Gasteiger partial charge in [0.2, 0.25) is 0 Å². The van der Waals surface area contributed by atoms with Crippen molar-refractivity contribution in [2.75, 3.05) is 6.54 Å². The summed E-state index contributed by atoms with van der Waals surface area (Å²) in [7, 11) is 0. The van der Waals surface area contributed by atoms with Crippen LogP contribution in [0.5, 0.6) is 5.75 Å². The van der Waals surface area contributed by atoms with E-state index >= 15 is 0 Å². The van der Waals surface area contributed by atoms with Crippen LogP contribution in [0, 0.1) is 6.92 Å². The van der Waals surface area contributed by atoms with Crippen molar-refractivity contribution in [2.24, 2.45) is 0 Å². The smallest absolute Gasteiger partial charge is 0.387 e. The SMILES string of the molecule is Cc1cc(CSc2ccccc2C(=O)NCCc2ccc(OC(F)F)cc2)on1. The van der Waals surface area contributed by atoms with Crippen molar-refractivity contribution in [3.05, 3.63) is 77.2 Å². The largest absolute Gasteiger partial charge is 0.435 e. The van der Waals surface area contributed by atoms with Gasteiger partial charge in [0.15, 0.2) is 0 Å². The van der Waals surface area contributed by atoms with Gasteiger partial charge in [-0.2, -0.15) is 8.78 Å². The third-order valence-electron chi connectivity index (χ3n) is 4.03. The number of aryl methyl sites for hydroxylation is 1. The number of aromatic nitrogens is 1. The maximum absolute atomic E-state index is 12.6. The Hall–Kier alpha value is -2.87. The van der Waals surface area contributed by atoms with Gasteiger partial charge in [0.1, 0.15) is 11.5 Å². The number of hydrogen-bond donors (Lipinski definition) is 1. The normalized spacial score (nSPS) is 10.9. The lowest BCUT2D eigenvalue weighted by Gasteiger charge is -2.10. The number of rotatable bonds is 9. The first-order valence-electron chi connectivity index (χ1n) is 8.97. The van der Waals surface area contributed by atoms with Gasteiger partial charge in [0.25, 0.3) is 5.91 Å². The van der Waals surface area contributed by atoms with Crippen LogP contribution in [-0.4, -0.2) is 24.2 Å². The molecule has 29 heavy (non-hydrogen) atoms.